The maximum Gasteiger partial charge on any atom is 0.493 e. The zero-order chi connectivity index (χ0) is 33.3. The van der Waals surface area contributed by atoms with E-state index in [1.54, 1.807) is 6.07 Å². The second kappa shape index (κ2) is 12.9. The maximum atomic E-state index is 15.3. The van der Waals surface area contributed by atoms with E-state index in [0.717, 1.165) is 31.7 Å². The number of fused-ring (bicyclic) bond motifs is 1. The van der Waals surface area contributed by atoms with Gasteiger partial charge in [-0.1, -0.05) is 24.4 Å². The minimum atomic E-state index is -5.74. The number of pyridine rings is 1. The van der Waals surface area contributed by atoms with Crippen molar-refractivity contribution < 1.29 is 48.8 Å². The molecule has 45 heavy (non-hydrogen) atoms. The van der Waals surface area contributed by atoms with Gasteiger partial charge in [0.25, 0.3) is 10.0 Å². The topological polar surface area (TPSA) is 140 Å². The van der Waals surface area contributed by atoms with Crippen LogP contribution in [0.2, 0.25) is 0 Å². The molecule has 1 saturated carbocycles. The molecule has 3 aromatic rings. The first-order valence-electron chi connectivity index (χ1n) is 13.7. The lowest BCUT2D eigenvalue weighted by atomic mass is 9.92. The lowest BCUT2D eigenvalue weighted by Crippen LogP contribution is -2.41. The molecule has 0 atom stereocenters. The fourth-order valence-electron chi connectivity index (χ4n) is 4.68. The summed E-state index contributed by atoms with van der Waals surface area (Å²) in [5.74, 6) is -6.16. The number of nitrogens with one attached hydrogen (secondary N) is 1. The smallest absolute Gasteiger partial charge is 0.351 e. The molecular formula is C27H29F7N6O4S. The minimum Gasteiger partial charge on any atom is -0.351 e. The van der Waals surface area contributed by atoms with Crippen molar-refractivity contribution >= 4 is 38.7 Å². The van der Waals surface area contributed by atoms with Gasteiger partial charge in [-0.15, -0.1) is 0 Å². The number of anilines is 2. The molecule has 1 aliphatic rings. The molecule has 18 heteroatoms. The molecule has 2 heterocycles. The monoisotopic (exact) mass is 666 g/mol. The Morgan fingerprint density at radius 3 is 2.33 bits per heavy atom. The highest BCUT2D eigenvalue weighted by Crippen LogP contribution is 2.34. The molecule has 1 aromatic carbocycles. The number of rotatable bonds is 9. The normalized spacial score (nSPS) is 17.8. The summed E-state index contributed by atoms with van der Waals surface area (Å²) in [6, 6.07) is 4.32. The van der Waals surface area contributed by atoms with Gasteiger partial charge in [-0.25, -0.2) is 32.6 Å². The van der Waals surface area contributed by atoms with E-state index in [4.69, 9.17) is 5.73 Å². The Hall–Kier alpha value is -3.80. The number of carbonyl (C=O) groups excluding carboxylic acids is 1. The Kier molecular flexibility index (Phi) is 9.77. The molecule has 0 spiro atoms. The fourth-order valence-corrected chi connectivity index (χ4v) is 5.96. The van der Waals surface area contributed by atoms with Crippen LogP contribution >= 0.6 is 0 Å². The second-order valence-electron chi connectivity index (χ2n) is 10.9. The van der Waals surface area contributed by atoms with Crippen molar-refractivity contribution in [1.82, 2.24) is 15.0 Å². The van der Waals surface area contributed by atoms with Crippen molar-refractivity contribution in [3.63, 3.8) is 0 Å². The van der Waals surface area contributed by atoms with Crippen molar-refractivity contribution in [1.29, 1.82) is 0 Å². The second-order valence-corrected chi connectivity index (χ2v) is 12.8. The number of benzene rings is 1. The molecule has 0 bridgehead atoms. The summed E-state index contributed by atoms with van der Waals surface area (Å²) in [6.07, 6.45) is -7.86. The Labute approximate surface area is 253 Å². The zero-order valence-corrected chi connectivity index (χ0v) is 24.7. The maximum absolute atomic E-state index is 15.3. The van der Waals surface area contributed by atoms with Crippen LogP contribution in [0.5, 0.6) is 0 Å². The van der Waals surface area contributed by atoms with E-state index < -0.39 is 56.5 Å². The first kappa shape index (κ1) is 34.1. The van der Waals surface area contributed by atoms with E-state index in [0.29, 0.717) is 34.7 Å². The molecule has 2 aromatic heterocycles. The van der Waals surface area contributed by atoms with Crippen molar-refractivity contribution in [3.05, 3.63) is 41.8 Å². The fraction of sp³-hybridized carbons (Fsp3) is 0.481. The SMILES string of the molecule is CC(C)c1cc(-c2ccc(N(OC(=O)C(F)(F)F)S(=O)(=O)CCC(F)(F)F)c(F)c2)nc2cnc(NC3CCC(N)CC3)nc12. The lowest BCUT2D eigenvalue weighted by Gasteiger charge is -2.26. The highest BCUT2D eigenvalue weighted by Gasteiger charge is 2.45. The molecule has 0 amide bonds. The Morgan fingerprint density at radius 1 is 1.09 bits per heavy atom. The third-order valence-electron chi connectivity index (χ3n) is 7.04. The number of nitrogens with two attached hydrogens (primary N) is 1. The predicted octanol–water partition coefficient (Wildman–Crippen LogP) is 5.75. The molecule has 10 nitrogen and oxygen atoms in total. The predicted molar refractivity (Wildman–Crippen MR) is 150 cm³/mol. The third-order valence-corrected chi connectivity index (χ3v) is 8.53. The summed E-state index contributed by atoms with van der Waals surface area (Å²) >= 11 is 0. The van der Waals surface area contributed by atoms with Gasteiger partial charge in [0, 0.05) is 17.6 Å². The first-order valence-corrected chi connectivity index (χ1v) is 15.3. The standard InChI is InChI=1S/C27H29F7N6O4S/c1-14(2)18-12-20(38-21-13-36-25(39-23(18)21)37-17-6-4-16(35)5-7-17)15-3-8-22(19(28)11-15)40(44-24(41)27(32,33)34)45(42,43)10-9-26(29,30)31/h3,8,11-14,16-17H,4-7,9-10,35H2,1-2H3,(H,36,37,39). The van der Waals surface area contributed by atoms with Gasteiger partial charge in [-0.2, -0.15) is 26.3 Å². The third kappa shape index (κ3) is 8.47. The van der Waals surface area contributed by atoms with E-state index in [2.05, 4.69) is 25.1 Å². The lowest BCUT2D eigenvalue weighted by molar-refractivity contribution is -0.199. The molecular weight excluding hydrogens is 637 g/mol. The molecule has 0 aliphatic heterocycles. The Morgan fingerprint density at radius 2 is 1.76 bits per heavy atom. The largest absolute Gasteiger partial charge is 0.493 e. The number of carbonyl (C=O) groups is 1. The van der Waals surface area contributed by atoms with Crippen LogP contribution < -0.4 is 15.5 Å². The Balaban J connectivity index is 1.70. The van der Waals surface area contributed by atoms with Crippen LogP contribution in [0.4, 0.5) is 42.4 Å². The number of aromatic nitrogens is 3. The van der Waals surface area contributed by atoms with Gasteiger partial charge in [-0.05, 0) is 55.4 Å². The summed E-state index contributed by atoms with van der Waals surface area (Å²) in [4.78, 5) is 28.7. The number of hydrogen-bond donors (Lipinski definition) is 2. The number of hydrogen-bond acceptors (Lipinski definition) is 9. The van der Waals surface area contributed by atoms with Gasteiger partial charge in [0.1, 0.15) is 11.2 Å². The van der Waals surface area contributed by atoms with Crippen molar-refractivity contribution in [2.75, 3.05) is 15.5 Å². The molecule has 0 unspecified atom stereocenters. The summed E-state index contributed by atoms with van der Waals surface area (Å²) in [5.41, 5.74) is 6.43. The zero-order valence-electron chi connectivity index (χ0n) is 23.9. The molecule has 3 N–H and O–H groups in total. The Bertz CT molecular complexity index is 1660. The van der Waals surface area contributed by atoms with Gasteiger partial charge < -0.3 is 15.9 Å². The van der Waals surface area contributed by atoms with E-state index in [-0.39, 0.29) is 29.3 Å². The highest BCUT2D eigenvalue weighted by molar-refractivity contribution is 7.92. The van der Waals surface area contributed by atoms with Crippen LogP contribution in [0.15, 0.2) is 30.5 Å². The molecule has 4 rings (SSSR count). The molecule has 246 valence electrons. The number of nitrogens with zero attached hydrogens (tertiary/aromatic N) is 4. The molecule has 0 saturated heterocycles. The summed E-state index contributed by atoms with van der Waals surface area (Å²) in [5, 5.41) is 3.30. The van der Waals surface area contributed by atoms with Crippen LogP contribution in [0.3, 0.4) is 0 Å². The van der Waals surface area contributed by atoms with Gasteiger partial charge in [0.15, 0.2) is 5.82 Å². The average Bonchev–Trinajstić information content (AvgIpc) is 2.94. The van der Waals surface area contributed by atoms with Crippen molar-refractivity contribution in [3.8, 4) is 11.3 Å². The van der Waals surface area contributed by atoms with Crippen LogP contribution in [0.25, 0.3) is 22.3 Å². The van der Waals surface area contributed by atoms with Crippen LogP contribution in [0, 0.1) is 5.82 Å². The molecule has 1 aliphatic carbocycles. The summed E-state index contributed by atoms with van der Waals surface area (Å²) in [6.45, 7) is 3.75. The molecule has 0 radical (unpaired) electrons. The van der Waals surface area contributed by atoms with E-state index in [9.17, 15) is 39.6 Å². The van der Waals surface area contributed by atoms with Gasteiger partial charge >= 0.3 is 18.3 Å². The highest BCUT2D eigenvalue weighted by atomic mass is 32.2. The van der Waals surface area contributed by atoms with E-state index >= 15 is 4.39 Å². The summed E-state index contributed by atoms with van der Waals surface area (Å²) in [7, 11) is -5.44. The van der Waals surface area contributed by atoms with E-state index in [1.807, 2.05) is 13.8 Å². The van der Waals surface area contributed by atoms with Gasteiger partial charge in [0.2, 0.25) is 5.95 Å². The van der Waals surface area contributed by atoms with Crippen molar-refractivity contribution in [2.24, 2.45) is 5.73 Å². The average molecular weight is 667 g/mol. The number of halogens is 7. The van der Waals surface area contributed by atoms with Crippen LogP contribution in [-0.4, -0.2) is 59.5 Å². The van der Waals surface area contributed by atoms with Gasteiger partial charge in [-0.3, -0.25) is 0 Å². The number of alkyl halides is 6. The molecule has 1 fully saturated rings. The van der Waals surface area contributed by atoms with Crippen molar-refractivity contribution in [2.45, 2.75) is 76.3 Å². The summed E-state index contributed by atoms with van der Waals surface area (Å²) < 4.78 is 116. The van der Waals surface area contributed by atoms with Crippen LogP contribution in [-0.2, 0) is 19.7 Å². The minimum absolute atomic E-state index is 0.0237. The quantitative estimate of drug-likeness (QED) is 0.216. The van der Waals surface area contributed by atoms with Crippen LogP contribution in [0.1, 0.15) is 57.4 Å². The van der Waals surface area contributed by atoms with Gasteiger partial charge in [0.05, 0.1) is 29.6 Å². The first-order chi connectivity index (χ1) is 20.8. The van der Waals surface area contributed by atoms with E-state index in [1.165, 1.54) is 6.20 Å². The number of sulfonamides is 1.